The molecule has 0 unspecified atom stereocenters. The monoisotopic (exact) mass is 293 g/mol. The molecule has 0 aliphatic heterocycles. The summed E-state index contributed by atoms with van der Waals surface area (Å²) in [6.45, 7) is 0.641. The summed E-state index contributed by atoms with van der Waals surface area (Å²) in [7, 11) is 3.14. The number of ether oxygens (including phenoxy) is 2. The quantitative estimate of drug-likeness (QED) is 0.887. The minimum absolute atomic E-state index is 0.185. The number of carboxylic acids is 1. The molecule has 0 fully saturated rings. The normalized spacial score (nSPS) is 10.7. The standard InChI is InChI=1S/C14H15NO4S/c1-18-7-9-5-3-4-6-10(9)13-15-11(8-19-2)12(20-13)14(16)17/h3-6H,7-8H2,1-2H3,(H,16,17). The van der Waals surface area contributed by atoms with Crippen molar-refractivity contribution in [1.29, 1.82) is 0 Å². The Balaban J connectivity index is 2.47. The van der Waals surface area contributed by atoms with Crippen LogP contribution in [0.15, 0.2) is 24.3 Å². The SMILES string of the molecule is COCc1ccccc1-c1nc(COC)c(C(=O)O)s1. The fourth-order valence-electron chi connectivity index (χ4n) is 1.88. The average molecular weight is 293 g/mol. The van der Waals surface area contributed by atoms with Gasteiger partial charge in [0.15, 0.2) is 0 Å². The molecule has 2 aromatic rings. The van der Waals surface area contributed by atoms with Crippen molar-refractivity contribution in [3.8, 4) is 10.6 Å². The Bertz CT molecular complexity index is 609. The molecule has 6 heteroatoms. The second kappa shape index (κ2) is 6.60. The molecule has 5 nitrogen and oxygen atoms in total. The first-order chi connectivity index (χ1) is 9.67. The van der Waals surface area contributed by atoms with Crippen molar-refractivity contribution in [3.05, 3.63) is 40.4 Å². The molecular formula is C14H15NO4S. The maximum Gasteiger partial charge on any atom is 0.347 e. The van der Waals surface area contributed by atoms with E-state index in [0.29, 0.717) is 17.3 Å². The van der Waals surface area contributed by atoms with Gasteiger partial charge in [-0.1, -0.05) is 24.3 Å². The van der Waals surface area contributed by atoms with E-state index in [1.807, 2.05) is 24.3 Å². The van der Waals surface area contributed by atoms with Gasteiger partial charge < -0.3 is 14.6 Å². The highest BCUT2D eigenvalue weighted by molar-refractivity contribution is 7.17. The second-order valence-electron chi connectivity index (χ2n) is 4.12. The molecule has 0 aliphatic rings. The van der Waals surface area contributed by atoms with Crippen molar-refractivity contribution in [2.75, 3.05) is 14.2 Å². The first-order valence-corrected chi connectivity index (χ1v) is 6.78. The van der Waals surface area contributed by atoms with Crippen LogP contribution in [0.2, 0.25) is 0 Å². The van der Waals surface area contributed by atoms with Gasteiger partial charge in [-0.05, 0) is 5.56 Å². The van der Waals surface area contributed by atoms with E-state index in [2.05, 4.69) is 4.98 Å². The fraction of sp³-hybridized carbons (Fsp3) is 0.286. The van der Waals surface area contributed by atoms with Crippen LogP contribution in [0.3, 0.4) is 0 Å². The Morgan fingerprint density at radius 3 is 2.60 bits per heavy atom. The van der Waals surface area contributed by atoms with Gasteiger partial charge >= 0.3 is 5.97 Å². The molecule has 0 radical (unpaired) electrons. The van der Waals surface area contributed by atoms with Crippen LogP contribution in [-0.2, 0) is 22.7 Å². The number of methoxy groups -OCH3 is 2. The first-order valence-electron chi connectivity index (χ1n) is 5.96. The van der Waals surface area contributed by atoms with Gasteiger partial charge in [0.25, 0.3) is 0 Å². The zero-order valence-corrected chi connectivity index (χ0v) is 12.1. The molecule has 1 aromatic heterocycles. The van der Waals surface area contributed by atoms with Gasteiger partial charge in [0.05, 0.1) is 18.9 Å². The first kappa shape index (κ1) is 14.6. The summed E-state index contributed by atoms with van der Waals surface area (Å²) >= 11 is 1.15. The number of carboxylic acid groups (broad SMARTS) is 1. The number of carbonyl (C=O) groups is 1. The van der Waals surface area contributed by atoms with Crippen LogP contribution in [0.1, 0.15) is 20.9 Å². The van der Waals surface area contributed by atoms with Gasteiger partial charge in [-0.15, -0.1) is 11.3 Å². The Morgan fingerprint density at radius 1 is 1.25 bits per heavy atom. The Morgan fingerprint density at radius 2 is 1.95 bits per heavy atom. The van der Waals surface area contributed by atoms with E-state index >= 15 is 0 Å². The Labute approximate surface area is 120 Å². The molecule has 1 heterocycles. The maximum absolute atomic E-state index is 11.2. The lowest BCUT2D eigenvalue weighted by molar-refractivity contribution is 0.0697. The summed E-state index contributed by atoms with van der Waals surface area (Å²) in [5.74, 6) is -0.981. The molecule has 0 aliphatic carbocycles. The van der Waals surface area contributed by atoms with E-state index in [-0.39, 0.29) is 11.5 Å². The molecule has 0 bridgehead atoms. The van der Waals surface area contributed by atoms with Crippen LogP contribution < -0.4 is 0 Å². The highest BCUT2D eigenvalue weighted by Gasteiger charge is 2.19. The van der Waals surface area contributed by atoms with Gasteiger partial charge in [0, 0.05) is 19.8 Å². The molecule has 0 amide bonds. The van der Waals surface area contributed by atoms with Gasteiger partial charge in [-0.3, -0.25) is 0 Å². The number of rotatable bonds is 6. The number of aromatic carboxylic acids is 1. The third kappa shape index (κ3) is 3.04. The highest BCUT2D eigenvalue weighted by atomic mass is 32.1. The summed E-state index contributed by atoms with van der Waals surface area (Å²) in [4.78, 5) is 15.9. The van der Waals surface area contributed by atoms with Gasteiger partial charge in [-0.2, -0.15) is 0 Å². The number of aromatic nitrogens is 1. The second-order valence-corrected chi connectivity index (χ2v) is 5.12. The number of benzene rings is 1. The third-order valence-electron chi connectivity index (χ3n) is 2.72. The van der Waals surface area contributed by atoms with E-state index in [1.54, 1.807) is 7.11 Å². The van der Waals surface area contributed by atoms with Crippen LogP contribution >= 0.6 is 11.3 Å². The van der Waals surface area contributed by atoms with Crippen LogP contribution in [0.4, 0.5) is 0 Å². The minimum atomic E-state index is -0.981. The van der Waals surface area contributed by atoms with Crippen molar-refractivity contribution in [2.45, 2.75) is 13.2 Å². The molecule has 0 saturated heterocycles. The van der Waals surface area contributed by atoms with Gasteiger partial charge in [0.2, 0.25) is 0 Å². The molecule has 0 atom stereocenters. The molecule has 1 N–H and O–H groups in total. The predicted molar refractivity (Wildman–Crippen MR) is 75.9 cm³/mol. The smallest absolute Gasteiger partial charge is 0.347 e. The van der Waals surface area contributed by atoms with Gasteiger partial charge in [-0.25, -0.2) is 9.78 Å². The molecule has 2 rings (SSSR count). The summed E-state index contributed by atoms with van der Waals surface area (Å²) in [6.07, 6.45) is 0. The van der Waals surface area contributed by atoms with Crippen molar-refractivity contribution in [1.82, 2.24) is 4.98 Å². The Kier molecular flexibility index (Phi) is 4.84. The van der Waals surface area contributed by atoms with E-state index in [4.69, 9.17) is 9.47 Å². The molecule has 20 heavy (non-hydrogen) atoms. The number of hydrogen-bond donors (Lipinski definition) is 1. The fourth-order valence-corrected chi connectivity index (χ4v) is 2.85. The summed E-state index contributed by atoms with van der Waals surface area (Å²) in [5, 5.41) is 9.88. The summed E-state index contributed by atoms with van der Waals surface area (Å²) in [5.41, 5.74) is 2.32. The minimum Gasteiger partial charge on any atom is -0.477 e. The molecule has 0 spiro atoms. The maximum atomic E-state index is 11.2. The molecular weight excluding hydrogens is 278 g/mol. The van der Waals surface area contributed by atoms with Crippen molar-refractivity contribution < 1.29 is 19.4 Å². The average Bonchev–Trinajstić information content (AvgIpc) is 2.84. The lowest BCUT2D eigenvalue weighted by atomic mass is 10.1. The third-order valence-corrected chi connectivity index (χ3v) is 3.84. The lowest BCUT2D eigenvalue weighted by Crippen LogP contribution is -1.99. The zero-order valence-electron chi connectivity index (χ0n) is 11.3. The zero-order chi connectivity index (χ0) is 14.5. The van der Waals surface area contributed by atoms with E-state index in [1.165, 1.54) is 7.11 Å². The predicted octanol–water partition coefficient (Wildman–Crippen LogP) is 2.80. The van der Waals surface area contributed by atoms with Crippen molar-refractivity contribution in [3.63, 3.8) is 0 Å². The Hall–Kier alpha value is -1.76. The van der Waals surface area contributed by atoms with Crippen molar-refractivity contribution >= 4 is 17.3 Å². The van der Waals surface area contributed by atoms with Crippen LogP contribution in [0.5, 0.6) is 0 Å². The summed E-state index contributed by atoms with van der Waals surface area (Å²) < 4.78 is 10.2. The summed E-state index contributed by atoms with van der Waals surface area (Å²) in [6, 6.07) is 7.66. The number of hydrogen-bond acceptors (Lipinski definition) is 5. The molecule has 1 aromatic carbocycles. The lowest BCUT2D eigenvalue weighted by Gasteiger charge is -2.05. The number of thiazole rings is 1. The topological polar surface area (TPSA) is 68.7 Å². The van der Waals surface area contributed by atoms with Crippen LogP contribution in [0.25, 0.3) is 10.6 Å². The van der Waals surface area contributed by atoms with Crippen LogP contribution in [0, 0.1) is 0 Å². The van der Waals surface area contributed by atoms with Crippen LogP contribution in [-0.4, -0.2) is 30.3 Å². The van der Waals surface area contributed by atoms with E-state index < -0.39 is 5.97 Å². The number of nitrogens with zero attached hydrogens (tertiary/aromatic N) is 1. The molecule has 106 valence electrons. The largest absolute Gasteiger partial charge is 0.477 e. The van der Waals surface area contributed by atoms with Crippen molar-refractivity contribution in [2.24, 2.45) is 0 Å². The highest BCUT2D eigenvalue weighted by Crippen LogP contribution is 2.31. The van der Waals surface area contributed by atoms with Gasteiger partial charge in [0.1, 0.15) is 9.88 Å². The molecule has 0 saturated carbocycles. The van der Waals surface area contributed by atoms with E-state index in [9.17, 15) is 9.90 Å². The van der Waals surface area contributed by atoms with E-state index in [0.717, 1.165) is 22.5 Å².